The van der Waals surface area contributed by atoms with E-state index in [4.69, 9.17) is 21.8 Å². The molecule has 5 rings (SSSR count). The zero-order chi connectivity index (χ0) is 35.7. The van der Waals surface area contributed by atoms with Crippen LogP contribution in [0.5, 0.6) is 0 Å². The standard InChI is InChI=1S/C34H42ClF3N6O5/c1-33(2,3)28(42-32-41-23-16-21(34(36,37)38)9-12-26(23)49-32)31(48)44-14-13-43(17-20-7-10-22(35)11-8-20)25(18-44)30(47)40-24(27(45)29(39)46)15-19-5-4-6-19/h7-12,16,19,24-25,27-28,45H,4-6,13-15,17-18H2,1-3H3,(H2,39,46)(H,40,47)(H,41,42)/t24?,25-,27?,28-/m1/s1. The third-order valence-corrected chi connectivity index (χ3v) is 9.56. The molecule has 49 heavy (non-hydrogen) atoms. The summed E-state index contributed by atoms with van der Waals surface area (Å²) in [6, 6.07) is 7.37. The summed E-state index contributed by atoms with van der Waals surface area (Å²) in [5, 5.41) is 17.0. The number of fused-ring (bicyclic) bond motifs is 1. The number of piperazine rings is 1. The van der Waals surface area contributed by atoms with Gasteiger partial charge in [-0.2, -0.15) is 18.2 Å². The number of carbonyl (C=O) groups excluding carboxylic acids is 3. The van der Waals surface area contributed by atoms with Gasteiger partial charge < -0.3 is 30.8 Å². The van der Waals surface area contributed by atoms with Crippen LogP contribution in [-0.4, -0.2) is 81.5 Å². The van der Waals surface area contributed by atoms with Crippen molar-refractivity contribution in [3.63, 3.8) is 0 Å². The summed E-state index contributed by atoms with van der Waals surface area (Å²) in [5.41, 5.74) is 4.85. The fourth-order valence-corrected chi connectivity index (χ4v) is 6.36. The van der Waals surface area contributed by atoms with Crippen LogP contribution in [0.3, 0.4) is 0 Å². The van der Waals surface area contributed by atoms with Crippen LogP contribution in [0.4, 0.5) is 19.2 Å². The van der Waals surface area contributed by atoms with Gasteiger partial charge >= 0.3 is 6.18 Å². The van der Waals surface area contributed by atoms with Gasteiger partial charge in [0.05, 0.1) is 11.6 Å². The molecule has 3 aromatic rings. The van der Waals surface area contributed by atoms with Gasteiger partial charge in [0.25, 0.3) is 6.01 Å². The fourth-order valence-electron chi connectivity index (χ4n) is 6.23. The molecule has 2 heterocycles. The maximum absolute atomic E-state index is 14.2. The Morgan fingerprint density at radius 1 is 1.10 bits per heavy atom. The average molecular weight is 707 g/mol. The highest BCUT2D eigenvalue weighted by Gasteiger charge is 2.42. The van der Waals surface area contributed by atoms with Crippen LogP contribution in [0.2, 0.25) is 5.02 Å². The third-order valence-electron chi connectivity index (χ3n) is 9.31. The highest BCUT2D eigenvalue weighted by Crippen LogP contribution is 2.34. The summed E-state index contributed by atoms with van der Waals surface area (Å²) in [5.74, 6) is -1.51. The normalized spacial score (nSPS) is 19.6. The molecule has 1 aliphatic heterocycles. The third kappa shape index (κ3) is 8.84. The Kier molecular flexibility index (Phi) is 10.8. The number of amides is 3. The van der Waals surface area contributed by atoms with Crippen LogP contribution >= 0.6 is 11.6 Å². The number of rotatable bonds is 11. The number of primary amides is 1. The van der Waals surface area contributed by atoms with E-state index in [9.17, 15) is 32.7 Å². The lowest BCUT2D eigenvalue weighted by atomic mass is 9.79. The Morgan fingerprint density at radius 2 is 1.80 bits per heavy atom. The lowest BCUT2D eigenvalue weighted by Crippen LogP contribution is -2.64. The number of nitrogens with two attached hydrogens (primary N) is 1. The summed E-state index contributed by atoms with van der Waals surface area (Å²) in [6.45, 7) is 6.41. The molecule has 2 aliphatic rings. The number of alkyl halides is 3. The number of aromatic nitrogens is 1. The minimum Gasteiger partial charge on any atom is -0.424 e. The summed E-state index contributed by atoms with van der Waals surface area (Å²) >= 11 is 6.08. The van der Waals surface area contributed by atoms with E-state index < -0.39 is 53.2 Å². The molecule has 2 fully saturated rings. The first-order chi connectivity index (χ1) is 23.0. The van der Waals surface area contributed by atoms with E-state index in [2.05, 4.69) is 15.6 Å². The molecule has 0 bridgehead atoms. The van der Waals surface area contributed by atoms with Gasteiger partial charge in [0.2, 0.25) is 17.7 Å². The van der Waals surface area contributed by atoms with Crippen molar-refractivity contribution in [1.82, 2.24) is 20.1 Å². The van der Waals surface area contributed by atoms with E-state index in [0.717, 1.165) is 37.0 Å². The van der Waals surface area contributed by atoms with Gasteiger partial charge in [-0.3, -0.25) is 19.3 Å². The Bertz CT molecular complexity index is 1660. The van der Waals surface area contributed by atoms with Crippen molar-refractivity contribution >= 4 is 46.4 Å². The van der Waals surface area contributed by atoms with Gasteiger partial charge in [0, 0.05) is 31.2 Å². The molecular weight excluding hydrogens is 665 g/mol. The number of benzene rings is 2. The quantitative estimate of drug-likeness (QED) is 0.226. The maximum atomic E-state index is 14.2. The topological polar surface area (TPSA) is 154 Å². The Labute approximate surface area is 287 Å². The molecule has 1 saturated carbocycles. The maximum Gasteiger partial charge on any atom is 0.416 e. The summed E-state index contributed by atoms with van der Waals surface area (Å²) in [6.07, 6.45) is -2.85. The van der Waals surface area contributed by atoms with Crippen LogP contribution in [-0.2, 0) is 27.1 Å². The van der Waals surface area contributed by atoms with E-state index >= 15 is 0 Å². The van der Waals surface area contributed by atoms with Crippen LogP contribution in [0.15, 0.2) is 46.9 Å². The van der Waals surface area contributed by atoms with Crippen LogP contribution < -0.4 is 16.4 Å². The molecule has 5 N–H and O–H groups in total. The largest absolute Gasteiger partial charge is 0.424 e. The van der Waals surface area contributed by atoms with Crippen molar-refractivity contribution in [2.75, 3.05) is 25.0 Å². The number of oxazole rings is 1. The molecule has 2 aromatic carbocycles. The van der Waals surface area contributed by atoms with E-state index in [1.165, 1.54) is 6.07 Å². The van der Waals surface area contributed by atoms with Crippen LogP contribution in [0, 0.1) is 11.3 Å². The lowest BCUT2D eigenvalue weighted by molar-refractivity contribution is -0.141. The molecule has 4 atom stereocenters. The minimum atomic E-state index is -4.56. The van der Waals surface area contributed by atoms with Crippen molar-refractivity contribution in [3.05, 3.63) is 58.6 Å². The molecule has 2 unspecified atom stereocenters. The van der Waals surface area contributed by atoms with Gasteiger partial charge in [-0.05, 0) is 53.6 Å². The number of nitrogens with zero attached hydrogens (tertiary/aromatic N) is 3. The number of aliphatic hydroxyl groups excluding tert-OH is 1. The van der Waals surface area contributed by atoms with Crippen molar-refractivity contribution in [2.45, 2.75) is 83.4 Å². The highest BCUT2D eigenvalue weighted by atomic mass is 35.5. The number of halogens is 4. The van der Waals surface area contributed by atoms with Gasteiger partial charge in [0.15, 0.2) is 11.7 Å². The van der Waals surface area contributed by atoms with Crippen molar-refractivity contribution in [2.24, 2.45) is 17.1 Å². The second kappa shape index (κ2) is 14.5. The first-order valence-electron chi connectivity index (χ1n) is 16.3. The molecule has 0 spiro atoms. The SMILES string of the molecule is CC(C)(C)[C@H](Nc1nc2cc(C(F)(F)F)ccc2o1)C(=O)N1CCN(Cc2ccc(Cl)cc2)[C@@H](C(=O)NC(CC2CCC2)C(O)C(N)=O)C1. The predicted molar refractivity (Wildman–Crippen MR) is 177 cm³/mol. The summed E-state index contributed by atoms with van der Waals surface area (Å²) in [4.78, 5) is 47.9. The van der Waals surface area contributed by atoms with Gasteiger partial charge in [0.1, 0.15) is 17.6 Å². The Morgan fingerprint density at radius 3 is 2.39 bits per heavy atom. The van der Waals surface area contributed by atoms with Crippen LogP contribution in [0.1, 0.15) is 57.6 Å². The number of aliphatic hydroxyl groups is 1. The van der Waals surface area contributed by atoms with E-state index in [1.54, 1.807) is 17.0 Å². The Hall–Kier alpha value is -3.88. The van der Waals surface area contributed by atoms with Crippen molar-refractivity contribution in [3.8, 4) is 0 Å². The highest BCUT2D eigenvalue weighted by molar-refractivity contribution is 6.30. The predicted octanol–water partition coefficient (Wildman–Crippen LogP) is 4.56. The average Bonchev–Trinajstić information content (AvgIpc) is 3.42. The first-order valence-corrected chi connectivity index (χ1v) is 16.7. The zero-order valence-electron chi connectivity index (χ0n) is 27.6. The number of nitrogens with one attached hydrogen (secondary N) is 2. The molecule has 11 nitrogen and oxygen atoms in total. The first kappa shape index (κ1) is 36.4. The van der Waals surface area contributed by atoms with E-state index in [0.29, 0.717) is 24.5 Å². The van der Waals surface area contributed by atoms with Crippen molar-refractivity contribution in [1.29, 1.82) is 0 Å². The zero-order valence-corrected chi connectivity index (χ0v) is 28.4. The fraction of sp³-hybridized carbons (Fsp3) is 0.529. The van der Waals surface area contributed by atoms with Gasteiger partial charge in [-0.25, -0.2) is 0 Å². The molecule has 1 saturated heterocycles. The molecular formula is C34H42ClF3N6O5. The lowest BCUT2D eigenvalue weighted by Gasteiger charge is -2.43. The number of hydrogen-bond donors (Lipinski definition) is 4. The molecule has 15 heteroatoms. The summed E-state index contributed by atoms with van der Waals surface area (Å²) in [7, 11) is 0. The van der Waals surface area contributed by atoms with E-state index in [-0.39, 0.29) is 42.0 Å². The number of carbonyl (C=O) groups is 3. The summed E-state index contributed by atoms with van der Waals surface area (Å²) < 4.78 is 45.5. The smallest absolute Gasteiger partial charge is 0.416 e. The van der Waals surface area contributed by atoms with Crippen LogP contribution in [0.25, 0.3) is 11.1 Å². The van der Waals surface area contributed by atoms with E-state index in [1.807, 2.05) is 37.8 Å². The second-order valence-electron chi connectivity index (χ2n) is 14.0. The Balaban J connectivity index is 1.38. The number of anilines is 1. The molecule has 1 aromatic heterocycles. The second-order valence-corrected chi connectivity index (χ2v) is 14.5. The monoisotopic (exact) mass is 706 g/mol. The minimum absolute atomic E-state index is 0.0143. The molecule has 0 radical (unpaired) electrons. The molecule has 266 valence electrons. The van der Waals surface area contributed by atoms with Gasteiger partial charge in [-0.15, -0.1) is 0 Å². The number of hydrogen-bond acceptors (Lipinski definition) is 8. The van der Waals surface area contributed by atoms with Gasteiger partial charge in [-0.1, -0.05) is 63.8 Å². The molecule has 3 amide bonds. The van der Waals surface area contributed by atoms with Crippen molar-refractivity contribution < 1.29 is 37.1 Å². The molecule has 1 aliphatic carbocycles.